The van der Waals surface area contributed by atoms with Gasteiger partial charge in [-0.2, -0.15) is 0 Å². The van der Waals surface area contributed by atoms with Crippen molar-refractivity contribution in [1.82, 2.24) is 10.3 Å². The zero-order chi connectivity index (χ0) is 23.4. The van der Waals surface area contributed by atoms with E-state index in [1.54, 1.807) is 0 Å². The van der Waals surface area contributed by atoms with Gasteiger partial charge in [0.1, 0.15) is 22.1 Å². The lowest BCUT2D eigenvalue weighted by Crippen LogP contribution is -2.42. The number of hydrogen-bond acceptors (Lipinski definition) is 8. The second kappa shape index (κ2) is 8.11. The van der Waals surface area contributed by atoms with Gasteiger partial charge in [0.2, 0.25) is 0 Å². The van der Waals surface area contributed by atoms with Crippen LogP contribution in [0.25, 0.3) is 10.2 Å². The Kier molecular flexibility index (Phi) is 5.16. The van der Waals surface area contributed by atoms with Gasteiger partial charge in [-0.15, -0.1) is 11.3 Å². The first-order chi connectivity index (χ1) is 16.4. The van der Waals surface area contributed by atoms with Crippen LogP contribution in [0.4, 0.5) is 11.4 Å². The van der Waals surface area contributed by atoms with Crippen LogP contribution in [0.15, 0.2) is 30.3 Å². The van der Waals surface area contributed by atoms with Crippen LogP contribution in [-0.2, 0) is 11.2 Å². The summed E-state index contributed by atoms with van der Waals surface area (Å²) in [7, 11) is 0. The Balaban J connectivity index is 1.15. The molecule has 9 heteroatoms. The number of amides is 1. The molecule has 2 aromatic heterocycles. The Bertz CT molecular complexity index is 1270. The number of carbonyl (C=O) groups is 1. The molecule has 5 N–H and O–H groups in total. The van der Waals surface area contributed by atoms with E-state index in [1.807, 2.05) is 19.1 Å². The second-order valence-electron chi connectivity index (χ2n) is 9.78. The van der Waals surface area contributed by atoms with E-state index in [9.17, 15) is 4.79 Å². The number of nitrogens with zero attached hydrogens (tertiary/aromatic N) is 2. The van der Waals surface area contributed by atoms with Gasteiger partial charge in [-0.1, -0.05) is 6.07 Å². The molecule has 1 spiro atoms. The van der Waals surface area contributed by atoms with Crippen LogP contribution in [0.5, 0.6) is 5.75 Å². The number of anilines is 2. The van der Waals surface area contributed by atoms with Crippen molar-refractivity contribution in [2.75, 3.05) is 43.5 Å². The van der Waals surface area contributed by atoms with Gasteiger partial charge in [-0.25, -0.2) is 4.98 Å². The number of nitrogens with one attached hydrogen (secondary N) is 1. The van der Waals surface area contributed by atoms with Crippen molar-refractivity contribution < 1.29 is 14.3 Å². The van der Waals surface area contributed by atoms with Gasteiger partial charge in [0.05, 0.1) is 18.3 Å². The second-order valence-corrected chi connectivity index (χ2v) is 10.8. The molecule has 2 saturated heterocycles. The molecule has 178 valence electrons. The number of benzene rings is 1. The fourth-order valence-corrected chi connectivity index (χ4v) is 6.43. The fourth-order valence-electron chi connectivity index (χ4n) is 5.39. The van der Waals surface area contributed by atoms with Crippen LogP contribution in [0.1, 0.15) is 27.3 Å². The van der Waals surface area contributed by atoms with Crippen LogP contribution in [0.2, 0.25) is 0 Å². The van der Waals surface area contributed by atoms with Crippen molar-refractivity contribution in [2.45, 2.75) is 31.8 Å². The molecule has 1 aromatic carbocycles. The number of fused-ring (bicyclic) bond motifs is 2. The van der Waals surface area contributed by atoms with Gasteiger partial charge >= 0.3 is 0 Å². The first-order valence-electron chi connectivity index (χ1n) is 11.7. The van der Waals surface area contributed by atoms with Gasteiger partial charge in [0, 0.05) is 54.0 Å². The first kappa shape index (κ1) is 21.6. The molecule has 0 radical (unpaired) electrons. The summed E-state index contributed by atoms with van der Waals surface area (Å²) in [5, 5.41) is 3.92. The summed E-state index contributed by atoms with van der Waals surface area (Å²) in [4.78, 5) is 21.1. The fraction of sp³-hybridized carbons (Fsp3) is 0.440. The molecule has 34 heavy (non-hydrogen) atoms. The molecule has 2 fully saturated rings. The number of carbonyl (C=O) groups excluding carboxylic acids is 1. The highest BCUT2D eigenvalue weighted by atomic mass is 32.1. The van der Waals surface area contributed by atoms with Crippen LogP contribution in [0, 0.1) is 12.3 Å². The SMILES string of the molecule is Cc1ccc2c(N)c(C(=O)N[C@H]3COc4cc(N5CC(N)[C@]6(CCOC6)C5)ccc4C3)sc2n1. The Hall–Kier alpha value is -2.88. The maximum atomic E-state index is 13.0. The lowest BCUT2D eigenvalue weighted by atomic mass is 9.83. The van der Waals surface area contributed by atoms with Crippen LogP contribution in [0.3, 0.4) is 0 Å². The van der Waals surface area contributed by atoms with Gasteiger partial charge in [0.15, 0.2) is 0 Å². The molecule has 5 heterocycles. The zero-order valence-corrected chi connectivity index (χ0v) is 20.0. The summed E-state index contributed by atoms with van der Waals surface area (Å²) in [5.74, 6) is 0.697. The van der Waals surface area contributed by atoms with Gasteiger partial charge < -0.3 is 31.2 Å². The summed E-state index contributed by atoms with van der Waals surface area (Å²) in [6, 6.07) is 10.2. The maximum Gasteiger partial charge on any atom is 0.263 e. The number of aryl methyl sites for hydroxylation is 1. The average Bonchev–Trinajstić information content (AvgIpc) is 3.52. The summed E-state index contributed by atoms with van der Waals surface area (Å²) >= 11 is 1.33. The minimum atomic E-state index is -0.179. The lowest BCUT2D eigenvalue weighted by Gasteiger charge is -2.28. The normalized spacial score (nSPS) is 26.1. The third kappa shape index (κ3) is 3.59. The predicted molar refractivity (Wildman–Crippen MR) is 134 cm³/mol. The van der Waals surface area contributed by atoms with E-state index in [1.165, 1.54) is 11.3 Å². The number of nitrogens with two attached hydrogens (primary N) is 2. The minimum absolute atomic E-state index is 0.0643. The van der Waals surface area contributed by atoms with Crippen molar-refractivity contribution in [3.63, 3.8) is 0 Å². The monoisotopic (exact) mass is 479 g/mol. The molecule has 3 atom stereocenters. The largest absolute Gasteiger partial charge is 0.491 e. The molecule has 3 aromatic rings. The highest BCUT2D eigenvalue weighted by Gasteiger charge is 2.47. The summed E-state index contributed by atoms with van der Waals surface area (Å²) in [6.07, 6.45) is 1.73. The van der Waals surface area contributed by atoms with Crippen molar-refractivity contribution >= 4 is 38.8 Å². The molecule has 8 nitrogen and oxygen atoms in total. The first-order valence-corrected chi connectivity index (χ1v) is 12.5. The maximum absolute atomic E-state index is 13.0. The minimum Gasteiger partial charge on any atom is -0.491 e. The van der Waals surface area contributed by atoms with Gasteiger partial charge in [-0.3, -0.25) is 4.79 Å². The van der Waals surface area contributed by atoms with E-state index in [0.29, 0.717) is 23.6 Å². The Morgan fingerprint density at radius 2 is 2.21 bits per heavy atom. The number of rotatable bonds is 3. The number of ether oxygens (including phenoxy) is 2. The molecular weight excluding hydrogens is 450 g/mol. The van der Waals surface area contributed by atoms with Gasteiger partial charge in [0.25, 0.3) is 5.91 Å². The number of thiophene rings is 1. The molecule has 1 amide bonds. The van der Waals surface area contributed by atoms with E-state index in [4.69, 9.17) is 20.9 Å². The molecule has 1 unspecified atom stereocenters. The van der Waals surface area contributed by atoms with Crippen molar-refractivity contribution in [1.29, 1.82) is 0 Å². The molecule has 3 aliphatic rings. The number of aromatic nitrogens is 1. The molecule has 3 aliphatic heterocycles. The lowest BCUT2D eigenvalue weighted by molar-refractivity contribution is 0.0920. The summed E-state index contributed by atoms with van der Waals surface area (Å²) < 4.78 is 11.7. The van der Waals surface area contributed by atoms with Crippen LogP contribution >= 0.6 is 11.3 Å². The zero-order valence-electron chi connectivity index (χ0n) is 19.2. The van der Waals surface area contributed by atoms with E-state index in [-0.39, 0.29) is 23.4 Å². The highest BCUT2D eigenvalue weighted by molar-refractivity contribution is 7.21. The van der Waals surface area contributed by atoms with Crippen LogP contribution in [-0.4, -0.2) is 55.9 Å². The molecule has 0 bridgehead atoms. The van der Waals surface area contributed by atoms with E-state index >= 15 is 0 Å². The standard InChI is InChI=1S/C25H29N5O3S/c1-14-2-5-18-21(27)22(34-24(18)28-14)23(31)29-16-8-15-3-4-17(9-19(15)33-11-16)30-10-20(26)25(12-30)6-7-32-13-25/h2-5,9,16,20H,6-8,10-13,26-27H2,1H3,(H,29,31)/t16-,20?,25-/m1/s1. The van der Waals surface area contributed by atoms with Crippen molar-refractivity contribution in [3.8, 4) is 5.75 Å². The quantitative estimate of drug-likeness (QED) is 0.529. The smallest absolute Gasteiger partial charge is 0.263 e. The topological polar surface area (TPSA) is 116 Å². The van der Waals surface area contributed by atoms with E-state index < -0.39 is 0 Å². The van der Waals surface area contributed by atoms with Crippen LogP contribution < -0.4 is 26.4 Å². The van der Waals surface area contributed by atoms with E-state index in [2.05, 4.69) is 33.4 Å². The molecule has 0 saturated carbocycles. The average molecular weight is 480 g/mol. The summed E-state index contributed by atoms with van der Waals surface area (Å²) in [5.41, 5.74) is 16.4. The number of nitrogen functional groups attached to an aromatic ring is 1. The third-order valence-electron chi connectivity index (χ3n) is 7.44. The summed E-state index contributed by atoms with van der Waals surface area (Å²) in [6.45, 7) is 5.62. The third-order valence-corrected chi connectivity index (χ3v) is 8.55. The van der Waals surface area contributed by atoms with Crippen molar-refractivity contribution in [3.05, 3.63) is 46.5 Å². The van der Waals surface area contributed by atoms with Crippen molar-refractivity contribution in [2.24, 2.45) is 11.1 Å². The molecule has 0 aliphatic carbocycles. The Labute approximate surface area is 202 Å². The Morgan fingerprint density at radius 1 is 1.32 bits per heavy atom. The molecular formula is C25H29N5O3S. The highest BCUT2D eigenvalue weighted by Crippen LogP contribution is 2.41. The van der Waals surface area contributed by atoms with E-state index in [0.717, 1.165) is 65.6 Å². The Morgan fingerprint density at radius 3 is 3.03 bits per heavy atom. The number of hydrogen-bond donors (Lipinski definition) is 3. The molecule has 6 rings (SSSR count). The predicted octanol–water partition coefficient (Wildman–Crippen LogP) is 2.47. The number of pyridine rings is 1. The van der Waals surface area contributed by atoms with Gasteiger partial charge in [-0.05, 0) is 43.5 Å².